The van der Waals surface area contributed by atoms with E-state index in [1.165, 1.54) is 125 Å². The number of carbonyl (C=O) groups excluding carboxylic acids is 6. The summed E-state index contributed by atoms with van der Waals surface area (Å²) in [5, 5.41) is 0. The maximum absolute atomic E-state index is 11.2. The third-order valence-electron chi connectivity index (χ3n) is 23.7. The van der Waals surface area contributed by atoms with E-state index in [4.69, 9.17) is 23.7 Å². The molecule has 0 aromatic carbocycles. The summed E-state index contributed by atoms with van der Waals surface area (Å²) >= 11 is 0. The van der Waals surface area contributed by atoms with Gasteiger partial charge in [-0.05, 0) is 213 Å². The van der Waals surface area contributed by atoms with Crippen LogP contribution in [0.4, 0.5) is 0 Å². The molecule has 10 aliphatic rings. The van der Waals surface area contributed by atoms with E-state index in [1.807, 2.05) is 6.92 Å². The van der Waals surface area contributed by atoms with Gasteiger partial charge in [0.15, 0.2) is 0 Å². The lowest BCUT2D eigenvalue weighted by Crippen LogP contribution is -2.43. The molecule has 9 fully saturated rings. The molecular formula is C80H148O11. The molecule has 534 valence electrons. The molecule has 0 aromatic heterocycles. The molecular weight excluding hydrogens is 1140 g/mol. The van der Waals surface area contributed by atoms with Crippen LogP contribution in [0.5, 0.6) is 0 Å². The maximum Gasteiger partial charge on any atom is 0.302 e. The Morgan fingerprint density at radius 2 is 0.802 bits per heavy atom. The lowest BCUT2D eigenvalue weighted by atomic mass is 9.62. The number of allylic oxidation sites excluding steroid dienone is 7. The van der Waals surface area contributed by atoms with Gasteiger partial charge < -0.3 is 28.5 Å². The first-order valence-corrected chi connectivity index (χ1v) is 32.7. The van der Waals surface area contributed by atoms with Gasteiger partial charge in [0.2, 0.25) is 0 Å². The van der Waals surface area contributed by atoms with Crippen LogP contribution in [0.1, 0.15) is 324 Å². The van der Waals surface area contributed by atoms with E-state index in [-0.39, 0.29) is 139 Å². The quantitative estimate of drug-likeness (QED) is 0.0940. The average molecular weight is 1290 g/mol. The molecule has 10 rings (SSSR count). The molecule has 6 unspecified atom stereocenters. The number of carbonyl (C=O) groups is 6. The van der Waals surface area contributed by atoms with Gasteiger partial charge in [-0.2, -0.15) is 0 Å². The second-order valence-corrected chi connectivity index (χ2v) is 28.1. The van der Waals surface area contributed by atoms with Crippen molar-refractivity contribution in [1.82, 2.24) is 0 Å². The lowest BCUT2D eigenvalue weighted by molar-refractivity contribution is -0.156. The monoisotopic (exact) mass is 1290 g/mol. The van der Waals surface area contributed by atoms with Gasteiger partial charge in [-0.25, -0.2) is 0 Å². The summed E-state index contributed by atoms with van der Waals surface area (Å²) in [5.74, 6) is 3.15. The summed E-state index contributed by atoms with van der Waals surface area (Å²) in [6.07, 6.45) is 39.6. The zero-order chi connectivity index (χ0) is 60.4. The van der Waals surface area contributed by atoms with Crippen molar-refractivity contribution < 1.29 is 52.5 Å². The Morgan fingerprint density at radius 1 is 0.473 bits per heavy atom. The van der Waals surface area contributed by atoms with Crippen molar-refractivity contribution >= 4 is 36.1 Å². The Hall–Kier alpha value is -4.02. The lowest BCUT2D eigenvalue weighted by Gasteiger charge is -2.45. The Labute approximate surface area is 562 Å². The third kappa shape index (κ3) is 21.0. The summed E-state index contributed by atoms with van der Waals surface area (Å²) in [6, 6.07) is 0. The van der Waals surface area contributed by atoms with E-state index < -0.39 is 0 Å². The van der Waals surface area contributed by atoms with E-state index in [0.29, 0.717) is 63.1 Å². The minimum absolute atomic E-state index is 0. The van der Waals surface area contributed by atoms with Crippen molar-refractivity contribution in [2.45, 2.75) is 355 Å². The molecule has 11 heteroatoms. The molecule has 0 N–H and O–H groups in total. The van der Waals surface area contributed by atoms with Crippen molar-refractivity contribution in [2.75, 3.05) is 0 Å². The van der Waals surface area contributed by atoms with E-state index >= 15 is 0 Å². The Kier molecular flexibility index (Phi) is 41.5. The molecule has 0 bridgehead atoms. The second-order valence-electron chi connectivity index (χ2n) is 28.1. The average Bonchev–Trinajstić information content (AvgIpc) is 1.91. The van der Waals surface area contributed by atoms with Gasteiger partial charge in [-0.3, -0.25) is 24.0 Å². The van der Waals surface area contributed by atoms with Crippen LogP contribution < -0.4 is 0 Å². The first kappa shape index (κ1) is 93.4. The van der Waals surface area contributed by atoms with Crippen molar-refractivity contribution in [3.63, 3.8) is 0 Å². The fourth-order valence-electron chi connectivity index (χ4n) is 19.6. The van der Waals surface area contributed by atoms with Gasteiger partial charge in [-0.15, -0.1) is 6.58 Å². The Bertz CT molecular complexity index is 2270. The molecule has 18 atom stereocenters. The largest absolute Gasteiger partial charge is 0.462 e. The van der Waals surface area contributed by atoms with Gasteiger partial charge in [0.25, 0.3) is 0 Å². The summed E-state index contributed by atoms with van der Waals surface area (Å²) in [5.41, 5.74) is 6.13. The van der Waals surface area contributed by atoms with Crippen LogP contribution in [-0.4, -0.2) is 66.7 Å². The molecule has 0 spiro atoms. The minimum Gasteiger partial charge on any atom is -0.462 e. The van der Waals surface area contributed by atoms with E-state index in [2.05, 4.69) is 86.3 Å². The zero-order valence-corrected chi connectivity index (χ0v) is 53.8. The first-order valence-electron chi connectivity index (χ1n) is 32.7. The van der Waals surface area contributed by atoms with Crippen molar-refractivity contribution in [1.29, 1.82) is 0 Å². The molecule has 11 nitrogen and oxygen atoms in total. The number of rotatable bonds is 9. The topological polar surface area (TPSA) is 149 Å². The predicted molar refractivity (Wildman–Crippen MR) is 385 cm³/mol. The van der Waals surface area contributed by atoms with Crippen LogP contribution in [-0.2, 0) is 52.5 Å². The SMILES string of the molecule is C.C.C.C.C.C.C.C.C.C/C=C1/CCC2[C@@H](OC(C)=O)CCC[C@]12C.C/C=C1\CCC2[C@@H](OC(C)=O)CCC[C@]12C.C=CC1CCC2[C@@H](OC(C)=O)CCC[C@]12C.CC(=O)O[C@H]1CCC[C@@]2(C)C1CC[C@@H]2[C@H](C)C=O.CCC1=CCC2[C@@H](OC(C)=O)CCC[C@]12C. The number of ether oxygens (including phenoxy) is 5. The number of esters is 5. The van der Waals surface area contributed by atoms with Crippen LogP contribution >= 0.6 is 0 Å². The van der Waals surface area contributed by atoms with Crippen LogP contribution in [0.3, 0.4) is 0 Å². The van der Waals surface area contributed by atoms with Crippen LogP contribution in [0.25, 0.3) is 0 Å². The molecule has 0 aliphatic heterocycles. The third-order valence-corrected chi connectivity index (χ3v) is 23.7. The number of hydrogen-bond donors (Lipinski definition) is 0. The maximum atomic E-state index is 11.2. The second kappa shape index (κ2) is 40.4. The fourth-order valence-corrected chi connectivity index (χ4v) is 19.6. The van der Waals surface area contributed by atoms with Gasteiger partial charge >= 0.3 is 29.8 Å². The van der Waals surface area contributed by atoms with Crippen LogP contribution in [0.15, 0.2) is 47.6 Å². The van der Waals surface area contributed by atoms with Gasteiger partial charge in [0.1, 0.15) is 36.8 Å². The number of hydrogen-bond acceptors (Lipinski definition) is 11. The van der Waals surface area contributed by atoms with Crippen molar-refractivity contribution in [3.05, 3.63) is 47.6 Å². The fraction of sp³-hybridized carbons (Fsp3) is 0.825. The van der Waals surface area contributed by atoms with Crippen molar-refractivity contribution in [3.8, 4) is 0 Å². The highest BCUT2D eigenvalue weighted by molar-refractivity contribution is 5.67. The van der Waals surface area contributed by atoms with Crippen molar-refractivity contribution in [2.24, 2.45) is 74.4 Å². The zero-order valence-electron chi connectivity index (χ0n) is 53.8. The van der Waals surface area contributed by atoms with Gasteiger partial charge in [0.05, 0.1) is 0 Å². The number of fused-ring (bicyclic) bond motifs is 5. The minimum atomic E-state index is -0.170. The molecule has 0 heterocycles. The summed E-state index contributed by atoms with van der Waals surface area (Å²) in [7, 11) is 0. The van der Waals surface area contributed by atoms with Gasteiger partial charge in [-0.1, -0.05) is 156 Å². The smallest absolute Gasteiger partial charge is 0.302 e. The first-order chi connectivity index (χ1) is 38.8. The number of aldehydes is 1. The molecule has 0 amide bonds. The van der Waals surface area contributed by atoms with E-state index in [1.54, 1.807) is 16.7 Å². The molecule has 0 radical (unpaired) electrons. The standard InChI is InChI=1S/C15H24O3.4C14H22O2.9CH4/c1-10(9-16)12-6-7-13-14(18-11(2)17)5-4-8-15(12,13)3;4*1-4-11-7-8-12-13(16-10(2)15)6-5-9-14(11,12)3;;;;;;;;;/h9-10,12-14H,4-8H2,1-3H3;7,12-13H,4-6,8-9H2,1-3H3;2*4,12-13H,5-9H2,1-3H3;4,11-13H,1,5-9H2,2-3H3;9*1H4/b;;11-4+;11-4-;;;;;;;;;;/t10-,12-,13?,14+,15-;3*12?,13-,14+;11?,12?,13-,14+;;;;;;;;;/m10000........./s1. The highest BCUT2D eigenvalue weighted by atomic mass is 16.6. The molecule has 0 aromatic rings. The predicted octanol–water partition coefficient (Wildman–Crippen LogP) is 22.4. The molecule has 0 saturated heterocycles. The molecule has 91 heavy (non-hydrogen) atoms. The Balaban J connectivity index is -0.000000508. The summed E-state index contributed by atoms with van der Waals surface area (Å²) < 4.78 is 27.5. The van der Waals surface area contributed by atoms with Gasteiger partial charge in [0, 0.05) is 70.1 Å². The van der Waals surface area contributed by atoms with Crippen LogP contribution in [0.2, 0.25) is 0 Å². The van der Waals surface area contributed by atoms with Crippen LogP contribution in [0, 0.1) is 74.4 Å². The highest BCUT2D eigenvalue weighted by Crippen LogP contribution is 2.61. The summed E-state index contributed by atoms with van der Waals surface area (Å²) in [6.45, 7) is 31.8. The molecule has 10 aliphatic carbocycles. The highest BCUT2D eigenvalue weighted by Gasteiger charge is 2.55. The van der Waals surface area contributed by atoms with E-state index in [9.17, 15) is 28.8 Å². The summed E-state index contributed by atoms with van der Waals surface area (Å²) in [4.78, 5) is 66.7. The molecule has 9 saturated carbocycles. The Morgan fingerprint density at radius 3 is 1.15 bits per heavy atom. The normalized spacial score (nSPS) is 36.6. The van der Waals surface area contributed by atoms with E-state index in [0.717, 1.165) is 76.9 Å².